The van der Waals surface area contributed by atoms with Crippen LogP contribution in [-0.4, -0.2) is 22.6 Å². The van der Waals surface area contributed by atoms with Crippen LogP contribution in [0.5, 0.6) is 0 Å². The van der Waals surface area contributed by atoms with Gasteiger partial charge < -0.3 is 4.52 Å². The lowest BCUT2D eigenvalue weighted by Gasteiger charge is -2.00. The molecule has 0 amide bonds. The second-order valence-electron chi connectivity index (χ2n) is 3.39. The van der Waals surface area contributed by atoms with Crippen LogP contribution in [0.3, 0.4) is 0 Å². The van der Waals surface area contributed by atoms with Crippen LogP contribution in [0.15, 0.2) is 4.52 Å². The van der Waals surface area contributed by atoms with Crippen molar-refractivity contribution in [2.75, 3.05) is 6.67 Å². The molecule has 0 aromatic carbocycles. The van der Waals surface area contributed by atoms with E-state index in [1.165, 1.54) is 6.92 Å². The molecule has 1 aromatic rings. The molecule has 0 radical (unpaired) electrons. The SMILES string of the molecule is CC(=O)c1noc(C2(CF)CC2)n1. The number of carbonyl (C=O) groups excluding carboxylic acids is 1. The van der Waals surface area contributed by atoms with E-state index in [1.54, 1.807) is 0 Å². The summed E-state index contributed by atoms with van der Waals surface area (Å²) in [7, 11) is 0. The molecule has 0 atom stereocenters. The third-order valence-electron chi connectivity index (χ3n) is 2.30. The molecule has 0 aliphatic heterocycles. The van der Waals surface area contributed by atoms with Crippen LogP contribution in [0.1, 0.15) is 36.3 Å². The normalized spacial score (nSPS) is 18.6. The van der Waals surface area contributed by atoms with Crippen molar-refractivity contribution < 1.29 is 13.7 Å². The molecule has 0 bridgehead atoms. The standard InChI is InChI=1S/C8H9FN2O2/c1-5(12)6-10-7(13-11-6)8(4-9)2-3-8/h2-4H2,1H3. The maximum atomic E-state index is 12.5. The van der Waals surface area contributed by atoms with Gasteiger partial charge in [0.1, 0.15) is 6.67 Å². The summed E-state index contributed by atoms with van der Waals surface area (Å²) in [6.07, 6.45) is 1.45. The molecule has 1 aliphatic rings. The second-order valence-corrected chi connectivity index (χ2v) is 3.39. The van der Waals surface area contributed by atoms with Crippen molar-refractivity contribution in [3.8, 4) is 0 Å². The molecule has 0 spiro atoms. The highest BCUT2D eigenvalue weighted by atomic mass is 19.1. The zero-order valence-corrected chi connectivity index (χ0v) is 7.21. The average molecular weight is 184 g/mol. The fraction of sp³-hybridized carbons (Fsp3) is 0.625. The first-order valence-corrected chi connectivity index (χ1v) is 4.09. The van der Waals surface area contributed by atoms with Crippen LogP contribution >= 0.6 is 0 Å². The third kappa shape index (κ3) is 1.24. The van der Waals surface area contributed by atoms with Gasteiger partial charge in [0.15, 0.2) is 0 Å². The van der Waals surface area contributed by atoms with Gasteiger partial charge in [0, 0.05) is 6.92 Å². The van der Waals surface area contributed by atoms with Crippen LogP contribution in [-0.2, 0) is 5.41 Å². The van der Waals surface area contributed by atoms with Crippen LogP contribution in [0.4, 0.5) is 4.39 Å². The Balaban J connectivity index is 2.28. The van der Waals surface area contributed by atoms with Gasteiger partial charge in [0.2, 0.25) is 17.5 Å². The highest BCUT2D eigenvalue weighted by Gasteiger charge is 2.49. The van der Waals surface area contributed by atoms with Gasteiger partial charge in [0.05, 0.1) is 5.41 Å². The predicted octanol–water partition coefficient (Wildman–Crippen LogP) is 1.27. The zero-order chi connectivity index (χ0) is 9.47. The largest absolute Gasteiger partial charge is 0.338 e. The number of hydrogen-bond donors (Lipinski definition) is 0. The molecule has 1 heterocycles. The Hall–Kier alpha value is -1.26. The number of ketones is 1. The van der Waals surface area contributed by atoms with Crippen LogP contribution in [0.25, 0.3) is 0 Å². The molecule has 1 aliphatic carbocycles. The van der Waals surface area contributed by atoms with E-state index in [-0.39, 0.29) is 17.5 Å². The minimum Gasteiger partial charge on any atom is -0.338 e. The Morgan fingerprint density at radius 1 is 1.69 bits per heavy atom. The molecule has 4 nitrogen and oxygen atoms in total. The van der Waals surface area contributed by atoms with E-state index in [0.717, 1.165) is 12.8 Å². The maximum Gasteiger partial charge on any atom is 0.238 e. The van der Waals surface area contributed by atoms with E-state index in [1.807, 2.05) is 0 Å². The molecule has 0 unspecified atom stereocenters. The van der Waals surface area contributed by atoms with E-state index in [0.29, 0.717) is 0 Å². The molecule has 2 rings (SSSR count). The Morgan fingerprint density at radius 2 is 2.38 bits per heavy atom. The highest BCUT2D eigenvalue weighted by molar-refractivity contribution is 5.89. The Labute approximate surface area is 74.1 Å². The summed E-state index contributed by atoms with van der Waals surface area (Å²) in [6.45, 7) is 0.857. The minimum absolute atomic E-state index is 0.0368. The molecular weight excluding hydrogens is 175 g/mol. The summed E-state index contributed by atoms with van der Waals surface area (Å²) in [5.41, 5.74) is -0.569. The monoisotopic (exact) mass is 184 g/mol. The molecule has 13 heavy (non-hydrogen) atoms. The summed E-state index contributed by atoms with van der Waals surface area (Å²) in [6, 6.07) is 0. The number of hydrogen-bond acceptors (Lipinski definition) is 4. The van der Waals surface area contributed by atoms with E-state index >= 15 is 0 Å². The molecule has 1 aromatic heterocycles. The van der Waals surface area contributed by atoms with Gasteiger partial charge in [-0.2, -0.15) is 4.98 Å². The first-order chi connectivity index (χ1) is 6.18. The molecule has 0 saturated heterocycles. The summed E-state index contributed by atoms with van der Waals surface area (Å²) in [5, 5.41) is 3.47. The number of rotatable bonds is 3. The van der Waals surface area contributed by atoms with E-state index in [2.05, 4.69) is 10.1 Å². The molecular formula is C8H9FN2O2. The maximum absolute atomic E-state index is 12.5. The van der Waals surface area contributed by atoms with Gasteiger partial charge in [-0.25, -0.2) is 4.39 Å². The molecule has 70 valence electrons. The van der Waals surface area contributed by atoms with Crippen LogP contribution in [0.2, 0.25) is 0 Å². The van der Waals surface area contributed by atoms with Gasteiger partial charge in [-0.3, -0.25) is 4.79 Å². The van der Waals surface area contributed by atoms with Crippen molar-refractivity contribution in [2.45, 2.75) is 25.2 Å². The molecule has 5 heteroatoms. The number of halogens is 1. The van der Waals surface area contributed by atoms with Gasteiger partial charge in [-0.15, -0.1) is 0 Å². The quantitative estimate of drug-likeness (QED) is 0.664. The van der Waals surface area contributed by atoms with Crippen molar-refractivity contribution in [1.29, 1.82) is 0 Å². The fourth-order valence-electron chi connectivity index (χ4n) is 1.14. The van der Waals surface area contributed by atoms with Crippen molar-refractivity contribution in [3.63, 3.8) is 0 Å². The molecule has 1 fully saturated rings. The van der Waals surface area contributed by atoms with Gasteiger partial charge >= 0.3 is 0 Å². The van der Waals surface area contributed by atoms with Crippen molar-refractivity contribution in [1.82, 2.24) is 10.1 Å². The second kappa shape index (κ2) is 2.61. The van der Waals surface area contributed by atoms with Gasteiger partial charge in [-0.05, 0) is 12.8 Å². The lowest BCUT2D eigenvalue weighted by Crippen LogP contribution is -2.09. The van der Waals surface area contributed by atoms with Gasteiger partial charge in [0.25, 0.3) is 0 Å². The number of carbonyl (C=O) groups is 1. The number of nitrogens with zero attached hydrogens (tertiary/aromatic N) is 2. The topological polar surface area (TPSA) is 56.0 Å². The molecule has 0 N–H and O–H groups in total. The lowest BCUT2D eigenvalue weighted by molar-refractivity contribution is 0.100. The first kappa shape index (κ1) is 8.34. The van der Waals surface area contributed by atoms with E-state index in [4.69, 9.17) is 4.52 Å². The third-order valence-corrected chi connectivity index (χ3v) is 2.30. The Bertz CT molecular complexity index is 344. The van der Waals surface area contributed by atoms with Crippen molar-refractivity contribution in [3.05, 3.63) is 11.7 Å². The zero-order valence-electron chi connectivity index (χ0n) is 7.21. The van der Waals surface area contributed by atoms with E-state index < -0.39 is 12.1 Å². The summed E-state index contributed by atoms with van der Waals surface area (Å²) in [5.74, 6) is 0.0413. The lowest BCUT2D eigenvalue weighted by atomic mass is 10.1. The summed E-state index contributed by atoms with van der Waals surface area (Å²) >= 11 is 0. The Morgan fingerprint density at radius 3 is 2.77 bits per heavy atom. The summed E-state index contributed by atoms with van der Waals surface area (Å²) in [4.78, 5) is 14.7. The fourth-order valence-corrected chi connectivity index (χ4v) is 1.14. The number of aromatic nitrogens is 2. The van der Waals surface area contributed by atoms with Crippen LogP contribution < -0.4 is 0 Å². The van der Waals surface area contributed by atoms with Crippen LogP contribution in [0, 0.1) is 0 Å². The minimum atomic E-state index is -0.569. The number of alkyl halides is 1. The predicted molar refractivity (Wildman–Crippen MR) is 41.2 cm³/mol. The smallest absolute Gasteiger partial charge is 0.238 e. The van der Waals surface area contributed by atoms with Gasteiger partial charge in [-0.1, -0.05) is 5.16 Å². The summed E-state index contributed by atoms with van der Waals surface area (Å²) < 4.78 is 17.3. The van der Waals surface area contributed by atoms with E-state index in [9.17, 15) is 9.18 Å². The Kier molecular flexibility index (Phi) is 1.68. The first-order valence-electron chi connectivity index (χ1n) is 4.09. The van der Waals surface area contributed by atoms with Crippen molar-refractivity contribution in [2.24, 2.45) is 0 Å². The van der Waals surface area contributed by atoms with Crippen molar-refractivity contribution >= 4 is 5.78 Å². The highest BCUT2D eigenvalue weighted by Crippen LogP contribution is 2.47. The number of Topliss-reactive ketones (excluding diaryl/α,β-unsaturated/α-hetero) is 1. The average Bonchev–Trinajstić information content (AvgIpc) is 2.75. The molecule has 1 saturated carbocycles.